The summed E-state index contributed by atoms with van der Waals surface area (Å²) in [5, 5.41) is 11.8. The lowest BCUT2D eigenvalue weighted by molar-refractivity contribution is 0.0938. The van der Waals surface area contributed by atoms with Crippen molar-refractivity contribution < 1.29 is 14.6 Å². The van der Waals surface area contributed by atoms with Gasteiger partial charge >= 0.3 is 0 Å². The summed E-state index contributed by atoms with van der Waals surface area (Å²) in [5.41, 5.74) is 2.37. The van der Waals surface area contributed by atoms with Crippen molar-refractivity contribution in [3.63, 3.8) is 0 Å². The first-order valence-electron chi connectivity index (χ1n) is 5.80. The Hall–Kier alpha value is -1.10. The van der Waals surface area contributed by atoms with Crippen molar-refractivity contribution in [1.82, 2.24) is 5.32 Å². The quantitative estimate of drug-likeness (QED) is 0.667. The maximum absolute atomic E-state index is 8.54. The van der Waals surface area contributed by atoms with Crippen LogP contribution in [0.5, 0.6) is 5.75 Å². The molecule has 0 bridgehead atoms. The first kappa shape index (κ1) is 14.0. The number of aliphatic hydroxyl groups excluding tert-OH is 1. The molecule has 0 spiro atoms. The van der Waals surface area contributed by atoms with E-state index >= 15 is 0 Å². The summed E-state index contributed by atoms with van der Waals surface area (Å²) in [7, 11) is 1.68. The normalized spacial score (nSPS) is 10.5. The summed E-state index contributed by atoms with van der Waals surface area (Å²) < 4.78 is 10.4. The number of benzene rings is 1. The van der Waals surface area contributed by atoms with Crippen LogP contribution in [0.4, 0.5) is 0 Å². The fourth-order valence-electron chi connectivity index (χ4n) is 1.58. The third-order valence-electron chi connectivity index (χ3n) is 2.41. The van der Waals surface area contributed by atoms with Gasteiger partial charge in [-0.3, -0.25) is 0 Å². The van der Waals surface area contributed by atoms with Crippen molar-refractivity contribution in [3.05, 3.63) is 29.3 Å². The molecule has 0 amide bonds. The number of nitrogens with one attached hydrogen (secondary N) is 1. The second-order valence-corrected chi connectivity index (χ2v) is 3.83. The molecule has 1 aromatic carbocycles. The molecule has 0 saturated carbocycles. The summed E-state index contributed by atoms with van der Waals surface area (Å²) in [6, 6.07) is 6.13. The van der Waals surface area contributed by atoms with E-state index in [1.165, 1.54) is 5.56 Å². The van der Waals surface area contributed by atoms with Crippen LogP contribution in [0.15, 0.2) is 18.2 Å². The van der Waals surface area contributed by atoms with Crippen LogP contribution >= 0.6 is 0 Å². The minimum absolute atomic E-state index is 0.0751. The van der Waals surface area contributed by atoms with E-state index in [2.05, 4.69) is 18.3 Å². The summed E-state index contributed by atoms with van der Waals surface area (Å²) >= 11 is 0. The Balaban J connectivity index is 2.32. The Morgan fingerprint density at radius 2 is 2.12 bits per heavy atom. The Bertz CT molecular complexity index is 328. The lowest BCUT2D eigenvalue weighted by Crippen LogP contribution is -2.20. The van der Waals surface area contributed by atoms with Gasteiger partial charge in [0.25, 0.3) is 0 Å². The Morgan fingerprint density at radius 1 is 1.29 bits per heavy atom. The van der Waals surface area contributed by atoms with Gasteiger partial charge in [-0.2, -0.15) is 0 Å². The van der Waals surface area contributed by atoms with Gasteiger partial charge in [0.15, 0.2) is 0 Å². The monoisotopic (exact) mass is 239 g/mol. The minimum atomic E-state index is 0.0751. The van der Waals surface area contributed by atoms with E-state index < -0.39 is 0 Å². The summed E-state index contributed by atoms with van der Waals surface area (Å²) in [4.78, 5) is 0. The third-order valence-corrected chi connectivity index (χ3v) is 2.41. The molecule has 4 heteroatoms. The number of methoxy groups -OCH3 is 1. The Labute approximate surface area is 103 Å². The van der Waals surface area contributed by atoms with Gasteiger partial charge in [0.2, 0.25) is 0 Å². The maximum atomic E-state index is 8.54. The molecule has 96 valence electrons. The first-order valence-corrected chi connectivity index (χ1v) is 5.80. The van der Waals surface area contributed by atoms with E-state index in [-0.39, 0.29) is 6.61 Å². The van der Waals surface area contributed by atoms with Crippen molar-refractivity contribution in [2.24, 2.45) is 0 Å². The van der Waals surface area contributed by atoms with Crippen molar-refractivity contribution in [1.29, 1.82) is 0 Å². The molecule has 0 unspecified atom stereocenters. The Morgan fingerprint density at radius 3 is 2.82 bits per heavy atom. The number of aryl methyl sites for hydroxylation is 1. The van der Waals surface area contributed by atoms with Crippen molar-refractivity contribution in [2.45, 2.75) is 13.5 Å². The van der Waals surface area contributed by atoms with Crippen LogP contribution in [0.25, 0.3) is 0 Å². The predicted octanol–water partition coefficient (Wildman–Crippen LogP) is 1.10. The molecule has 0 saturated heterocycles. The molecule has 0 atom stereocenters. The second kappa shape index (κ2) is 8.06. The molecular formula is C13H21NO3. The first-order chi connectivity index (χ1) is 8.27. The fraction of sp³-hybridized carbons (Fsp3) is 0.538. The Kier molecular flexibility index (Phi) is 6.62. The molecule has 1 rings (SSSR count). The average Bonchev–Trinajstić information content (AvgIpc) is 2.34. The van der Waals surface area contributed by atoms with Gasteiger partial charge in [-0.25, -0.2) is 0 Å². The van der Waals surface area contributed by atoms with Gasteiger partial charge < -0.3 is 19.9 Å². The molecule has 0 aliphatic rings. The molecule has 2 N–H and O–H groups in total. The minimum Gasteiger partial charge on any atom is -0.496 e. The molecule has 0 aliphatic carbocycles. The lowest BCUT2D eigenvalue weighted by Gasteiger charge is -2.10. The van der Waals surface area contributed by atoms with Crippen LogP contribution in [-0.4, -0.2) is 38.6 Å². The molecule has 0 aromatic heterocycles. The topological polar surface area (TPSA) is 50.7 Å². The van der Waals surface area contributed by atoms with Crippen LogP contribution in [0.1, 0.15) is 11.1 Å². The highest BCUT2D eigenvalue weighted by molar-refractivity contribution is 5.36. The molecule has 0 fully saturated rings. The molecule has 0 heterocycles. The highest BCUT2D eigenvalue weighted by atomic mass is 16.5. The smallest absolute Gasteiger partial charge is 0.123 e. The zero-order valence-electron chi connectivity index (χ0n) is 10.5. The number of rotatable bonds is 8. The standard InChI is InChI=1S/C13H21NO3/c1-11-3-4-13(16-2)12(9-11)10-14-5-7-17-8-6-15/h3-4,9,14-15H,5-8,10H2,1-2H3. The molecule has 4 nitrogen and oxygen atoms in total. The maximum Gasteiger partial charge on any atom is 0.123 e. The van der Waals surface area contributed by atoms with Crippen LogP contribution in [0.3, 0.4) is 0 Å². The summed E-state index contributed by atoms with van der Waals surface area (Å²) in [6.45, 7) is 4.66. The van der Waals surface area contributed by atoms with Gasteiger partial charge in [-0.1, -0.05) is 17.7 Å². The van der Waals surface area contributed by atoms with E-state index in [9.17, 15) is 0 Å². The van der Waals surface area contributed by atoms with E-state index in [0.717, 1.165) is 24.4 Å². The van der Waals surface area contributed by atoms with Gasteiger partial charge in [0.1, 0.15) is 5.75 Å². The molecule has 1 aromatic rings. The van der Waals surface area contributed by atoms with Gasteiger partial charge in [-0.05, 0) is 13.0 Å². The number of ether oxygens (including phenoxy) is 2. The fourth-order valence-corrected chi connectivity index (χ4v) is 1.58. The van der Waals surface area contributed by atoms with E-state index in [1.807, 2.05) is 12.1 Å². The van der Waals surface area contributed by atoms with Gasteiger partial charge in [-0.15, -0.1) is 0 Å². The molecular weight excluding hydrogens is 218 g/mol. The van der Waals surface area contributed by atoms with Crippen molar-refractivity contribution in [3.8, 4) is 5.75 Å². The summed E-state index contributed by atoms with van der Waals surface area (Å²) in [6.07, 6.45) is 0. The SMILES string of the molecule is COc1ccc(C)cc1CNCCOCCO. The van der Waals surface area contributed by atoms with Crippen molar-refractivity contribution >= 4 is 0 Å². The van der Waals surface area contributed by atoms with Crippen molar-refractivity contribution in [2.75, 3.05) is 33.5 Å². The zero-order valence-corrected chi connectivity index (χ0v) is 10.5. The highest BCUT2D eigenvalue weighted by Crippen LogP contribution is 2.19. The average molecular weight is 239 g/mol. The molecule has 0 aliphatic heterocycles. The largest absolute Gasteiger partial charge is 0.496 e. The van der Waals surface area contributed by atoms with Gasteiger partial charge in [0, 0.05) is 18.7 Å². The molecule has 0 radical (unpaired) electrons. The zero-order chi connectivity index (χ0) is 12.5. The van der Waals surface area contributed by atoms with Crippen LogP contribution in [0.2, 0.25) is 0 Å². The van der Waals surface area contributed by atoms with E-state index in [0.29, 0.717) is 13.2 Å². The lowest BCUT2D eigenvalue weighted by atomic mass is 10.1. The number of hydrogen-bond donors (Lipinski definition) is 2. The van der Waals surface area contributed by atoms with Crippen LogP contribution < -0.4 is 10.1 Å². The van der Waals surface area contributed by atoms with Crippen LogP contribution in [-0.2, 0) is 11.3 Å². The van der Waals surface area contributed by atoms with E-state index in [1.54, 1.807) is 7.11 Å². The highest BCUT2D eigenvalue weighted by Gasteiger charge is 2.02. The van der Waals surface area contributed by atoms with E-state index in [4.69, 9.17) is 14.6 Å². The predicted molar refractivity (Wildman–Crippen MR) is 67.3 cm³/mol. The number of hydrogen-bond acceptors (Lipinski definition) is 4. The molecule has 17 heavy (non-hydrogen) atoms. The van der Waals surface area contributed by atoms with Gasteiger partial charge in [0.05, 0.1) is 26.9 Å². The number of aliphatic hydroxyl groups is 1. The van der Waals surface area contributed by atoms with Crippen LogP contribution in [0, 0.1) is 6.92 Å². The summed E-state index contributed by atoms with van der Waals surface area (Å²) in [5.74, 6) is 0.902. The third kappa shape index (κ3) is 5.17. The second-order valence-electron chi connectivity index (χ2n) is 3.83.